The Morgan fingerprint density at radius 2 is 1.95 bits per heavy atom. The van der Waals surface area contributed by atoms with Crippen molar-refractivity contribution in [1.29, 1.82) is 0 Å². The summed E-state index contributed by atoms with van der Waals surface area (Å²) in [6.07, 6.45) is 1.64. The summed E-state index contributed by atoms with van der Waals surface area (Å²) >= 11 is 4.90. The van der Waals surface area contributed by atoms with Crippen molar-refractivity contribution in [2.24, 2.45) is 0 Å². The number of rotatable bonds is 6. The summed E-state index contributed by atoms with van der Waals surface area (Å²) in [4.78, 5) is 22.4. The number of ether oxygens (including phenoxy) is 1. The fourth-order valence-electron chi connectivity index (χ4n) is 1.36. The first-order valence-electron chi connectivity index (χ1n) is 6.45. The molecular weight excluding hydrogens is 304 g/mol. The lowest BCUT2D eigenvalue weighted by Gasteiger charge is -2.11. The Hall–Kier alpha value is -2.61. The van der Waals surface area contributed by atoms with Crippen molar-refractivity contribution in [3.05, 3.63) is 36.9 Å². The second-order valence-electron chi connectivity index (χ2n) is 4.17. The second-order valence-corrected chi connectivity index (χ2v) is 4.57. The molecule has 1 aromatic rings. The van der Waals surface area contributed by atoms with Gasteiger partial charge >= 0.3 is 0 Å². The van der Waals surface area contributed by atoms with Gasteiger partial charge in [0.15, 0.2) is 11.7 Å². The fourth-order valence-corrected chi connectivity index (χ4v) is 1.49. The number of hydrazine groups is 1. The van der Waals surface area contributed by atoms with E-state index in [-0.39, 0.29) is 23.5 Å². The van der Waals surface area contributed by atoms with Crippen LogP contribution in [0.3, 0.4) is 0 Å². The molecule has 0 spiro atoms. The van der Waals surface area contributed by atoms with Gasteiger partial charge in [0.2, 0.25) is 5.91 Å². The molecule has 118 valence electrons. The first kappa shape index (κ1) is 17.4. The topological polar surface area (TPSA) is 91.5 Å². The molecule has 0 aliphatic heterocycles. The predicted molar refractivity (Wildman–Crippen MR) is 88.3 cm³/mol. The van der Waals surface area contributed by atoms with Crippen LogP contribution in [0.25, 0.3) is 0 Å². The number of hydrogen-bond acceptors (Lipinski definition) is 4. The van der Waals surface area contributed by atoms with Crippen molar-refractivity contribution in [3.8, 4) is 5.75 Å². The van der Waals surface area contributed by atoms with E-state index < -0.39 is 0 Å². The molecule has 1 aromatic carbocycles. The monoisotopic (exact) mass is 322 g/mol. The zero-order chi connectivity index (χ0) is 16.4. The lowest BCUT2D eigenvalue weighted by molar-refractivity contribution is -0.123. The molecule has 8 heteroatoms. The SMILES string of the molecule is C=CCNC(=S)NNC(=O)COc1ccc(NC(C)=O)cc1. The van der Waals surface area contributed by atoms with Crippen LogP contribution >= 0.6 is 12.2 Å². The molecule has 0 aliphatic carbocycles. The van der Waals surface area contributed by atoms with Crippen LogP contribution < -0.4 is 26.2 Å². The van der Waals surface area contributed by atoms with Crippen LogP contribution in [0.5, 0.6) is 5.75 Å². The van der Waals surface area contributed by atoms with E-state index in [9.17, 15) is 9.59 Å². The van der Waals surface area contributed by atoms with E-state index in [0.717, 1.165) is 0 Å². The molecule has 2 amide bonds. The van der Waals surface area contributed by atoms with Crippen molar-refractivity contribution in [2.45, 2.75) is 6.92 Å². The van der Waals surface area contributed by atoms with E-state index in [1.807, 2.05) is 0 Å². The maximum absolute atomic E-state index is 11.5. The Bertz CT molecular complexity index is 546. The molecule has 0 fully saturated rings. The summed E-state index contributed by atoms with van der Waals surface area (Å²) in [7, 11) is 0. The smallest absolute Gasteiger partial charge is 0.276 e. The highest BCUT2D eigenvalue weighted by Crippen LogP contribution is 2.15. The zero-order valence-electron chi connectivity index (χ0n) is 12.1. The summed E-state index contributed by atoms with van der Waals surface area (Å²) in [5, 5.41) is 5.71. The van der Waals surface area contributed by atoms with Crippen LogP contribution in [-0.4, -0.2) is 30.1 Å². The van der Waals surface area contributed by atoms with Crippen LogP contribution in [0.2, 0.25) is 0 Å². The lowest BCUT2D eigenvalue weighted by Crippen LogP contribution is -2.48. The maximum Gasteiger partial charge on any atom is 0.276 e. The van der Waals surface area contributed by atoms with Crippen molar-refractivity contribution in [2.75, 3.05) is 18.5 Å². The molecule has 0 saturated carbocycles. The van der Waals surface area contributed by atoms with E-state index in [0.29, 0.717) is 18.0 Å². The number of amides is 2. The van der Waals surface area contributed by atoms with Gasteiger partial charge in [-0.1, -0.05) is 6.08 Å². The number of nitrogens with one attached hydrogen (secondary N) is 4. The van der Waals surface area contributed by atoms with Crippen LogP contribution in [0, 0.1) is 0 Å². The number of anilines is 1. The third kappa shape index (κ3) is 7.25. The Kier molecular flexibility index (Phi) is 7.41. The molecule has 4 N–H and O–H groups in total. The Morgan fingerprint density at radius 1 is 1.27 bits per heavy atom. The summed E-state index contributed by atoms with van der Waals surface area (Å²) in [6.45, 7) is 5.29. The summed E-state index contributed by atoms with van der Waals surface area (Å²) in [6, 6.07) is 6.67. The first-order valence-corrected chi connectivity index (χ1v) is 6.86. The van der Waals surface area contributed by atoms with Gasteiger partial charge in [0.1, 0.15) is 5.75 Å². The van der Waals surface area contributed by atoms with Gasteiger partial charge in [0.05, 0.1) is 0 Å². The maximum atomic E-state index is 11.5. The summed E-state index contributed by atoms with van der Waals surface area (Å²) < 4.78 is 5.30. The van der Waals surface area contributed by atoms with Crippen molar-refractivity contribution >= 4 is 34.8 Å². The van der Waals surface area contributed by atoms with E-state index in [1.165, 1.54) is 6.92 Å². The highest BCUT2D eigenvalue weighted by molar-refractivity contribution is 7.80. The Labute approximate surface area is 134 Å². The van der Waals surface area contributed by atoms with Crippen molar-refractivity contribution in [3.63, 3.8) is 0 Å². The van der Waals surface area contributed by atoms with Gasteiger partial charge in [-0.05, 0) is 36.5 Å². The third-order valence-corrected chi connectivity index (χ3v) is 2.51. The normalized spacial score (nSPS) is 9.32. The molecule has 1 rings (SSSR count). The van der Waals surface area contributed by atoms with E-state index in [1.54, 1.807) is 30.3 Å². The van der Waals surface area contributed by atoms with Crippen molar-refractivity contribution in [1.82, 2.24) is 16.2 Å². The molecule has 0 unspecified atom stereocenters. The minimum Gasteiger partial charge on any atom is -0.484 e. The minimum atomic E-state index is -0.381. The minimum absolute atomic E-state index is 0.153. The summed E-state index contributed by atoms with van der Waals surface area (Å²) in [5.74, 6) is -0.0227. The number of carbonyl (C=O) groups is 2. The van der Waals surface area contributed by atoms with Crippen LogP contribution in [0.4, 0.5) is 5.69 Å². The molecule has 0 saturated heterocycles. The lowest BCUT2D eigenvalue weighted by atomic mass is 10.3. The van der Waals surface area contributed by atoms with Crippen molar-refractivity contribution < 1.29 is 14.3 Å². The van der Waals surface area contributed by atoms with Gasteiger partial charge in [0, 0.05) is 19.2 Å². The number of benzene rings is 1. The third-order valence-electron chi connectivity index (χ3n) is 2.27. The molecular formula is C14H18N4O3S. The Balaban J connectivity index is 2.30. The van der Waals surface area contributed by atoms with Crippen LogP contribution in [-0.2, 0) is 9.59 Å². The van der Waals surface area contributed by atoms with Gasteiger partial charge in [-0.2, -0.15) is 0 Å². The average molecular weight is 322 g/mol. The molecule has 0 heterocycles. The predicted octanol–water partition coefficient (Wildman–Crippen LogP) is 0.705. The first-order chi connectivity index (χ1) is 10.5. The quantitative estimate of drug-likeness (QED) is 0.350. The van der Waals surface area contributed by atoms with E-state index >= 15 is 0 Å². The van der Waals surface area contributed by atoms with Crippen LogP contribution in [0.15, 0.2) is 36.9 Å². The highest BCUT2D eigenvalue weighted by Gasteiger charge is 2.03. The number of carbonyl (C=O) groups excluding carboxylic acids is 2. The van der Waals surface area contributed by atoms with Gasteiger partial charge in [-0.3, -0.25) is 20.4 Å². The molecule has 0 radical (unpaired) electrons. The van der Waals surface area contributed by atoms with E-state index in [2.05, 4.69) is 28.1 Å². The van der Waals surface area contributed by atoms with Crippen LogP contribution in [0.1, 0.15) is 6.92 Å². The second kappa shape index (κ2) is 9.35. The molecule has 22 heavy (non-hydrogen) atoms. The molecule has 0 atom stereocenters. The highest BCUT2D eigenvalue weighted by atomic mass is 32.1. The van der Waals surface area contributed by atoms with Gasteiger partial charge in [-0.25, -0.2) is 0 Å². The Morgan fingerprint density at radius 3 is 2.55 bits per heavy atom. The largest absolute Gasteiger partial charge is 0.484 e. The van der Waals surface area contributed by atoms with E-state index in [4.69, 9.17) is 17.0 Å². The van der Waals surface area contributed by atoms with Gasteiger partial charge in [0.25, 0.3) is 5.91 Å². The average Bonchev–Trinajstić information content (AvgIpc) is 2.49. The molecule has 0 bridgehead atoms. The van der Waals surface area contributed by atoms with Gasteiger partial charge < -0.3 is 15.4 Å². The molecule has 0 aliphatic rings. The zero-order valence-corrected chi connectivity index (χ0v) is 13.0. The molecule has 7 nitrogen and oxygen atoms in total. The standard InChI is InChI=1S/C14H18N4O3S/c1-3-8-15-14(22)18-17-13(20)9-21-12-6-4-11(5-7-12)16-10(2)19/h3-7H,1,8-9H2,2H3,(H,16,19)(H,17,20)(H2,15,18,22). The number of thiocarbonyl (C=S) groups is 1. The summed E-state index contributed by atoms with van der Waals surface area (Å²) in [5.41, 5.74) is 5.58. The fraction of sp³-hybridized carbons (Fsp3) is 0.214. The number of hydrogen-bond donors (Lipinski definition) is 4. The molecule has 0 aromatic heterocycles. The van der Waals surface area contributed by atoms with Gasteiger partial charge in [-0.15, -0.1) is 6.58 Å².